The Bertz CT molecular complexity index is 259. The fraction of sp³-hybridized carbons (Fsp3) is 1.00. The van der Waals surface area contributed by atoms with E-state index in [2.05, 4.69) is 4.84 Å². The average Bonchev–Trinajstić information content (AvgIpc) is 2.03. The van der Waals surface area contributed by atoms with Gasteiger partial charge in [-0.15, -0.1) is 0 Å². The number of hydrogen-bond donors (Lipinski definition) is 2. The van der Waals surface area contributed by atoms with Crippen LogP contribution in [-0.4, -0.2) is 24.3 Å². The van der Waals surface area contributed by atoms with E-state index >= 15 is 0 Å². The molecule has 1 rings (SSSR count). The van der Waals surface area contributed by atoms with Gasteiger partial charge in [0.2, 0.25) is 0 Å². The maximum atomic E-state index is 10.7. The van der Waals surface area contributed by atoms with Gasteiger partial charge < -0.3 is 0 Å². The highest BCUT2D eigenvalue weighted by Gasteiger charge is 2.35. The first-order valence-corrected chi connectivity index (χ1v) is 6.29. The first kappa shape index (κ1) is 11.2. The zero-order valence-electron chi connectivity index (χ0n) is 7.29. The van der Waals surface area contributed by atoms with Crippen LogP contribution in [0.25, 0.3) is 0 Å². The Balaban J connectivity index is 2.68. The molecule has 6 heteroatoms. The monoisotopic (exact) mass is 227 g/mol. The first-order chi connectivity index (χ1) is 5.97. The third-order valence-electron chi connectivity index (χ3n) is 2.47. The largest absolute Gasteiger partial charge is 0.285 e. The Morgan fingerprint density at radius 3 is 2.23 bits per heavy atom. The number of halogens is 1. The van der Waals surface area contributed by atoms with E-state index < -0.39 is 15.7 Å². The Morgan fingerprint density at radius 1 is 1.31 bits per heavy atom. The molecule has 13 heavy (non-hydrogen) atoms. The second kappa shape index (κ2) is 4.13. The quantitative estimate of drug-likeness (QED) is 0.564. The van der Waals surface area contributed by atoms with Crippen molar-refractivity contribution in [1.29, 1.82) is 0 Å². The molecule has 4 nitrogen and oxygen atoms in total. The molecule has 0 unspecified atom stereocenters. The molecule has 0 amide bonds. The Labute approximate surface area is 83.5 Å². The van der Waals surface area contributed by atoms with Crippen LogP contribution in [0.15, 0.2) is 0 Å². The molecule has 1 saturated carbocycles. The minimum atomic E-state index is -3.94. The molecular formula is C7H14ClNO3S. The lowest BCUT2D eigenvalue weighted by atomic mass is 9.84. The zero-order valence-corrected chi connectivity index (χ0v) is 8.86. The summed E-state index contributed by atoms with van der Waals surface area (Å²) >= 11 is 5.52. The molecular weight excluding hydrogens is 214 g/mol. The fourth-order valence-corrected chi connectivity index (χ4v) is 3.24. The van der Waals surface area contributed by atoms with E-state index in [1.807, 2.05) is 0 Å². The van der Waals surface area contributed by atoms with Crippen LogP contribution in [0.2, 0.25) is 0 Å². The topological polar surface area (TPSA) is 66.4 Å². The summed E-state index contributed by atoms with van der Waals surface area (Å²) in [6.45, 7) is 0. The van der Waals surface area contributed by atoms with Crippen molar-refractivity contribution in [3.05, 3.63) is 0 Å². The van der Waals surface area contributed by atoms with E-state index in [0.29, 0.717) is 12.8 Å². The Morgan fingerprint density at radius 2 is 1.85 bits per heavy atom. The van der Waals surface area contributed by atoms with Crippen molar-refractivity contribution in [3.63, 3.8) is 0 Å². The molecule has 0 radical (unpaired) electrons. The van der Waals surface area contributed by atoms with Gasteiger partial charge in [-0.1, -0.05) is 19.3 Å². The maximum Gasteiger partial charge on any atom is 0.266 e. The SMILES string of the molecule is O=S(=O)(O)CC1(NCl)CCCCC1. The highest BCUT2D eigenvalue weighted by Crippen LogP contribution is 2.29. The van der Waals surface area contributed by atoms with Gasteiger partial charge in [-0.3, -0.25) is 4.55 Å². The fourth-order valence-electron chi connectivity index (χ4n) is 1.84. The predicted octanol–water partition coefficient (Wildman–Crippen LogP) is 1.32. The van der Waals surface area contributed by atoms with E-state index in [0.717, 1.165) is 19.3 Å². The third-order valence-corrected chi connectivity index (χ3v) is 3.79. The van der Waals surface area contributed by atoms with E-state index in [1.165, 1.54) is 0 Å². The second-order valence-electron chi connectivity index (χ2n) is 3.66. The number of rotatable bonds is 3. The molecule has 0 heterocycles. The molecule has 1 aliphatic rings. The van der Waals surface area contributed by atoms with Crippen molar-refractivity contribution in [2.24, 2.45) is 0 Å². The molecule has 78 valence electrons. The van der Waals surface area contributed by atoms with Crippen molar-refractivity contribution in [1.82, 2.24) is 4.84 Å². The van der Waals surface area contributed by atoms with Crippen molar-refractivity contribution >= 4 is 21.9 Å². The minimum Gasteiger partial charge on any atom is -0.285 e. The summed E-state index contributed by atoms with van der Waals surface area (Å²) in [7, 11) is -3.94. The minimum absolute atomic E-state index is 0.288. The summed E-state index contributed by atoms with van der Waals surface area (Å²) in [4.78, 5) is 2.51. The van der Waals surface area contributed by atoms with Crippen molar-refractivity contribution < 1.29 is 13.0 Å². The maximum absolute atomic E-state index is 10.7. The van der Waals surface area contributed by atoms with Gasteiger partial charge in [0.15, 0.2) is 0 Å². The van der Waals surface area contributed by atoms with Crippen molar-refractivity contribution in [3.8, 4) is 0 Å². The van der Waals surface area contributed by atoms with Gasteiger partial charge in [-0.25, -0.2) is 4.84 Å². The van der Waals surface area contributed by atoms with E-state index in [9.17, 15) is 8.42 Å². The van der Waals surface area contributed by atoms with Crippen LogP contribution >= 0.6 is 11.8 Å². The molecule has 0 aromatic carbocycles. The normalized spacial score (nSPS) is 22.9. The number of hydrogen-bond acceptors (Lipinski definition) is 3. The summed E-state index contributed by atoms with van der Waals surface area (Å²) in [5.74, 6) is -0.288. The number of nitrogens with one attached hydrogen (secondary N) is 1. The summed E-state index contributed by atoms with van der Waals surface area (Å²) in [5.41, 5.74) is -0.618. The molecule has 2 N–H and O–H groups in total. The molecule has 0 bridgehead atoms. The highest BCUT2D eigenvalue weighted by molar-refractivity contribution is 7.85. The molecule has 1 fully saturated rings. The van der Waals surface area contributed by atoms with Crippen molar-refractivity contribution in [2.45, 2.75) is 37.6 Å². The standard InChI is InChI=1S/C7H14ClNO3S/c8-9-7(6-13(10,11)12)4-2-1-3-5-7/h9H,1-6H2,(H,10,11,12). The summed E-state index contributed by atoms with van der Waals surface area (Å²) < 4.78 is 30.2. The smallest absolute Gasteiger partial charge is 0.266 e. The van der Waals surface area contributed by atoms with Crippen LogP contribution < -0.4 is 4.84 Å². The summed E-state index contributed by atoms with van der Waals surface area (Å²) in [6.07, 6.45) is 4.42. The molecule has 0 saturated heterocycles. The predicted molar refractivity (Wildman–Crippen MR) is 51.2 cm³/mol. The van der Waals surface area contributed by atoms with Crippen LogP contribution in [0.3, 0.4) is 0 Å². The molecule has 0 aromatic rings. The van der Waals surface area contributed by atoms with Crippen LogP contribution in [0.5, 0.6) is 0 Å². The summed E-state index contributed by atoms with van der Waals surface area (Å²) in [6, 6.07) is 0. The van der Waals surface area contributed by atoms with Gasteiger partial charge in [0.1, 0.15) is 0 Å². The van der Waals surface area contributed by atoms with Gasteiger partial charge >= 0.3 is 0 Å². The van der Waals surface area contributed by atoms with Crippen LogP contribution in [0.1, 0.15) is 32.1 Å². The van der Waals surface area contributed by atoms with Crippen LogP contribution in [0.4, 0.5) is 0 Å². The molecule has 1 aliphatic carbocycles. The third kappa shape index (κ3) is 3.42. The molecule has 0 aliphatic heterocycles. The molecule has 0 atom stereocenters. The van der Waals surface area contributed by atoms with Gasteiger partial charge in [-0.05, 0) is 24.6 Å². The highest BCUT2D eigenvalue weighted by atomic mass is 35.5. The molecule has 0 spiro atoms. The van der Waals surface area contributed by atoms with E-state index in [4.69, 9.17) is 16.3 Å². The van der Waals surface area contributed by atoms with Crippen molar-refractivity contribution in [2.75, 3.05) is 5.75 Å². The Hall–Kier alpha value is 0.160. The van der Waals surface area contributed by atoms with E-state index in [-0.39, 0.29) is 5.75 Å². The second-order valence-corrected chi connectivity index (χ2v) is 5.30. The van der Waals surface area contributed by atoms with Gasteiger partial charge in [0, 0.05) is 5.54 Å². The average molecular weight is 228 g/mol. The lowest BCUT2D eigenvalue weighted by Crippen LogP contribution is -2.47. The van der Waals surface area contributed by atoms with Crippen LogP contribution in [0, 0.1) is 0 Å². The summed E-state index contributed by atoms with van der Waals surface area (Å²) in [5, 5.41) is 0. The van der Waals surface area contributed by atoms with Gasteiger partial charge in [-0.2, -0.15) is 8.42 Å². The Kier molecular flexibility index (Phi) is 3.57. The van der Waals surface area contributed by atoms with Gasteiger partial charge in [0.05, 0.1) is 5.75 Å². The van der Waals surface area contributed by atoms with E-state index in [1.54, 1.807) is 0 Å². The lowest BCUT2D eigenvalue weighted by molar-refractivity contribution is 0.294. The first-order valence-electron chi connectivity index (χ1n) is 4.30. The van der Waals surface area contributed by atoms with Gasteiger partial charge in [0.25, 0.3) is 10.1 Å². The lowest BCUT2D eigenvalue weighted by Gasteiger charge is -2.34. The zero-order chi connectivity index (χ0) is 9.95. The van der Waals surface area contributed by atoms with Crippen LogP contribution in [-0.2, 0) is 10.1 Å². The molecule has 0 aromatic heterocycles.